The largest absolute Gasteiger partial charge is 0.497 e. The molecule has 0 amide bonds. The first kappa shape index (κ1) is 15.1. The Bertz CT molecular complexity index is 961. The van der Waals surface area contributed by atoms with E-state index in [9.17, 15) is 0 Å². The maximum Gasteiger partial charge on any atom is 0.316 e. The molecule has 0 spiro atoms. The lowest BCUT2D eigenvalue weighted by Gasteiger charge is -1.98. The number of aromatic nitrogens is 4. The zero-order valence-corrected chi connectivity index (χ0v) is 13.4. The average Bonchev–Trinajstić information content (AvgIpc) is 3.32. The zero-order chi connectivity index (χ0) is 17.1. The molecule has 2 heterocycles. The Labute approximate surface area is 143 Å². The van der Waals surface area contributed by atoms with E-state index in [0.717, 1.165) is 16.9 Å². The first-order valence-electron chi connectivity index (χ1n) is 7.67. The molecule has 4 aromatic rings. The molecule has 0 aliphatic rings. The van der Waals surface area contributed by atoms with Crippen molar-refractivity contribution < 1.29 is 13.8 Å². The normalized spacial score (nSPS) is 10.8. The molecule has 0 N–H and O–H groups in total. The van der Waals surface area contributed by atoms with Crippen LogP contribution in [0.25, 0.3) is 23.2 Å². The van der Waals surface area contributed by atoms with E-state index in [2.05, 4.69) is 20.3 Å². The third-order valence-corrected chi connectivity index (χ3v) is 3.63. The van der Waals surface area contributed by atoms with Crippen LogP contribution in [0, 0.1) is 0 Å². The molecule has 124 valence electrons. The van der Waals surface area contributed by atoms with Gasteiger partial charge in [0.1, 0.15) is 5.75 Å². The molecule has 2 aromatic heterocycles. The fraction of sp³-hybridized carbons (Fsp3) is 0.111. The maximum atomic E-state index is 5.24. The van der Waals surface area contributed by atoms with Gasteiger partial charge >= 0.3 is 11.8 Å². The van der Waals surface area contributed by atoms with Gasteiger partial charge in [-0.05, 0) is 29.8 Å². The summed E-state index contributed by atoms with van der Waals surface area (Å²) in [5.41, 5.74) is 1.90. The highest BCUT2D eigenvalue weighted by Crippen LogP contribution is 2.23. The van der Waals surface area contributed by atoms with Gasteiger partial charge in [-0.3, -0.25) is 0 Å². The van der Waals surface area contributed by atoms with E-state index >= 15 is 0 Å². The Morgan fingerprint density at radius 3 is 2.32 bits per heavy atom. The van der Waals surface area contributed by atoms with Gasteiger partial charge in [-0.1, -0.05) is 40.6 Å². The van der Waals surface area contributed by atoms with E-state index in [0.29, 0.717) is 18.1 Å². The Balaban J connectivity index is 1.54. The molecule has 0 bridgehead atoms. The predicted molar refractivity (Wildman–Crippen MR) is 88.8 cm³/mol. The zero-order valence-electron chi connectivity index (χ0n) is 13.4. The molecule has 0 unspecified atom stereocenters. The monoisotopic (exact) mass is 334 g/mol. The minimum Gasteiger partial charge on any atom is -0.497 e. The van der Waals surface area contributed by atoms with Gasteiger partial charge in [0.25, 0.3) is 0 Å². The number of nitrogens with zero attached hydrogens (tertiary/aromatic N) is 4. The standard InChI is InChI=1S/C18H14N4O3/c1-23-14-9-7-13(8-10-14)16-20-18(25-22-16)17-19-15(21-24-17)11-12-5-3-2-4-6-12/h2-10H,11H2,1H3. The van der Waals surface area contributed by atoms with Crippen molar-refractivity contribution in [1.82, 2.24) is 20.3 Å². The van der Waals surface area contributed by atoms with Gasteiger partial charge in [0.2, 0.25) is 5.82 Å². The second kappa shape index (κ2) is 6.56. The number of hydrogen-bond acceptors (Lipinski definition) is 7. The van der Waals surface area contributed by atoms with Crippen molar-refractivity contribution in [3.05, 3.63) is 66.0 Å². The first-order chi connectivity index (χ1) is 12.3. The van der Waals surface area contributed by atoms with Crippen molar-refractivity contribution in [1.29, 1.82) is 0 Å². The van der Waals surface area contributed by atoms with Crippen LogP contribution in [0.1, 0.15) is 11.4 Å². The summed E-state index contributed by atoms with van der Waals surface area (Å²) in [5, 5.41) is 7.92. The highest BCUT2D eigenvalue weighted by Gasteiger charge is 2.17. The first-order valence-corrected chi connectivity index (χ1v) is 7.67. The average molecular weight is 334 g/mol. The van der Waals surface area contributed by atoms with Crippen LogP contribution in [0.15, 0.2) is 63.6 Å². The van der Waals surface area contributed by atoms with Gasteiger partial charge in [-0.2, -0.15) is 9.97 Å². The molecule has 0 aliphatic heterocycles. The fourth-order valence-electron chi connectivity index (χ4n) is 2.36. The van der Waals surface area contributed by atoms with Crippen LogP contribution >= 0.6 is 0 Å². The third kappa shape index (κ3) is 3.25. The molecule has 0 saturated carbocycles. The Hall–Kier alpha value is -3.48. The van der Waals surface area contributed by atoms with Crippen LogP contribution in [0.2, 0.25) is 0 Å². The van der Waals surface area contributed by atoms with Gasteiger partial charge < -0.3 is 13.8 Å². The van der Waals surface area contributed by atoms with E-state index in [-0.39, 0.29) is 11.8 Å². The lowest BCUT2D eigenvalue weighted by molar-refractivity contribution is 0.380. The molecule has 0 fully saturated rings. The van der Waals surface area contributed by atoms with Gasteiger partial charge in [0, 0.05) is 12.0 Å². The summed E-state index contributed by atoms with van der Waals surface area (Å²) in [5.74, 6) is 2.16. The minimum absolute atomic E-state index is 0.192. The molecule has 25 heavy (non-hydrogen) atoms. The molecule has 0 radical (unpaired) electrons. The topological polar surface area (TPSA) is 87.1 Å². The van der Waals surface area contributed by atoms with Crippen molar-refractivity contribution in [3.8, 4) is 28.9 Å². The highest BCUT2D eigenvalue weighted by molar-refractivity contribution is 5.57. The molecule has 7 nitrogen and oxygen atoms in total. The van der Waals surface area contributed by atoms with Crippen molar-refractivity contribution >= 4 is 0 Å². The number of hydrogen-bond donors (Lipinski definition) is 0. The van der Waals surface area contributed by atoms with Crippen molar-refractivity contribution in [2.45, 2.75) is 6.42 Å². The summed E-state index contributed by atoms with van der Waals surface area (Å²) in [6.07, 6.45) is 0.573. The summed E-state index contributed by atoms with van der Waals surface area (Å²) in [6, 6.07) is 17.3. The quantitative estimate of drug-likeness (QED) is 0.553. The molecule has 0 aliphatic carbocycles. The number of ether oxygens (including phenoxy) is 1. The summed E-state index contributed by atoms with van der Waals surface area (Å²) < 4.78 is 15.6. The van der Waals surface area contributed by atoms with E-state index < -0.39 is 0 Å². The van der Waals surface area contributed by atoms with Crippen LogP contribution in [0.3, 0.4) is 0 Å². The van der Waals surface area contributed by atoms with Crippen LogP contribution in [0.4, 0.5) is 0 Å². The van der Waals surface area contributed by atoms with Gasteiger partial charge in [-0.25, -0.2) is 0 Å². The van der Waals surface area contributed by atoms with Crippen molar-refractivity contribution in [3.63, 3.8) is 0 Å². The molecule has 4 rings (SSSR count). The number of methoxy groups -OCH3 is 1. The molecular weight excluding hydrogens is 320 g/mol. The second-order valence-corrected chi connectivity index (χ2v) is 5.33. The molecule has 0 atom stereocenters. The van der Waals surface area contributed by atoms with Crippen LogP contribution in [-0.4, -0.2) is 27.4 Å². The van der Waals surface area contributed by atoms with Crippen LogP contribution < -0.4 is 4.74 Å². The predicted octanol–water partition coefficient (Wildman–Crippen LogP) is 3.39. The van der Waals surface area contributed by atoms with E-state index in [1.54, 1.807) is 7.11 Å². The highest BCUT2D eigenvalue weighted by atomic mass is 16.5. The Kier molecular flexibility index (Phi) is 3.96. The SMILES string of the molecule is COc1ccc(-c2noc(-c3nc(Cc4ccccc4)no3)n2)cc1. The third-order valence-electron chi connectivity index (χ3n) is 3.63. The molecule has 2 aromatic carbocycles. The minimum atomic E-state index is 0.192. The van der Waals surface area contributed by atoms with Crippen LogP contribution in [-0.2, 0) is 6.42 Å². The van der Waals surface area contributed by atoms with E-state index in [1.165, 1.54) is 0 Å². The Morgan fingerprint density at radius 1 is 0.840 bits per heavy atom. The number of benzene rings is 2. The van der Waals surface area contributed by atoms with Gasteiger partial charge in [-0.15, -0.1) is 0 Å². The van der Waals surface area contributed by atoms with Crippen molar-refractivity contribution in [2.75, 3.05) is 7.11 Å². The van der Waals surface area contributed by atoms with E-state index in [1.807, 2.05) is 54.6 Å². The van der Waals surface area contributed by atoms with Gasteiger partial charge in [0.05, 0.1) is 7.11 Å². The smallest absolute Gasteiger partial charge is 0.316 e. The summed E-state index contributed by atoms with van der Waals surface area (Å²) >= 11 is 0. The van der Waals surface area contributed by atoms with Crippen LogP contribution in [0.5, 0.6) is 5.75 Å². The maximum absolute atomic E-state index is 5.24. The lowest BCUT2D eigenvalue weighted by atomic mass is 10.1. The lowest BCUT2D eigenvalue weighted by Crippen LogP contribution is -1.90. The van der Waals surface area contributed by atoms with E-state index in [4.69, 9.17) is 13.8 Å². The Morgan fingerprint density at radius 2 is 1.56 bits per heavy atom. The molecular formula is C18H14N4O3. The summed E-state index contributed by atoms with van der Waals surface area (Å²) in [6.45, 7) is 0. The van der Waals surface area contributed by atoms with Crippen molar-refractivity contribution in [2.24, 2.45) is 0 Å². The molecule has 7 heteroatoms. The number of rotatable bonds is 5. The van der Waals surface area contributed by atoms with Gasteiger partial charge in [0.15, 0.2) is 5.82 Å². The summed E-state index contributed by atoms with van der Waals surface area (Å²) in [7, 11) is 1.62. The molecule has 0 saturated heterocycles. The summed E-state index contributed by atoms with van der Waals surface area (Å²) in [4.78, 5) is 8.63. The second-order valence-electron chi connectivity index (χ2n) is 5.33. The fourth-order valence-corrected chi connectivity index (χ4v) is 2.36.